The van der Waals surface area contributed by atoms with Crippen LogP contribution in [0.5, 0.6) is 17.2 Å². The zero-order chi connectivity index (χ0) is 19.9. The van der Waals surface area contributed by atoms with Gasteiger partial charge in [0, 0.05) is 16.5 Å². The minimum absolute atomic E-state index is 0.245. The molecule has 8 heteroatoms. The van der Waals surface area contributed by atoms with Gasteiger partial charge in [0.2, 0.25) is 5.75 Å². The highest BCUT2D eigenvalue weighted by Crippen LogP contribution is 2.38. The Balaban J connectivity index is 1.67. The smallest absolute Gasteiger partial charge is 0.264 e. The van der Waals surface area contributed by atoms with E-state index in [1.165, 1.54) is 37.7 Å². The molecule has 0 fully saturated rings. The van der Waals surface area contributed by atoms with Crippen molar-refractivity contribution in [3.63, 3.8) is 0 Å². The molecule has 0 radical (unpaired) electrons. The lowest BCUT2D eigenvalue weighted by Gasteiger charge is -2.14. The fourth-order valence-corrected chi connectivity index (χ4v) is 3.21. The van der Waals surface area contributed by atoms with E-state index in [2.05, 4.69) is 10.3 Å². The molecule has 0 unspecified atom stereocenters. The van der Waals surface area contributed by atoms with Crippen LogP contribution in [0.3, 0.4) is 0 Å². The Bertz CT molecular complexity index is 947. The van der Waals surface area contributed by atoms with E-state index in [-0.39, 0.29) is 18.3 Å². The number of aromatic nitrogens is 1. The summed E-state index contributed by atoms with van der Waals surface area (Å²) in [5.41, 5.74) is 2.14. The van der Waals surface area contributed by atoms with Crippen molar-refractivity contribution in [1.29, 1.82) is 0 Å². The number of hydrogen-bond donors (Lipinski definition) is 1. The quantitative estimate of drug-likeness (QED) is 0.583. The van der Waals surface area contributed by atoms with Crippen molar-refractivity contribution >= 4 is 28.7 Å². The van der Waals surface area contributed by atoms with Crippen molar-refractivity contribution < 1.29 is 23.8 Å². The van der Waals surface area contributed by atoms with Gasteiger partial charge in [0.15, 0.2) is 23.2 Å². The molecule has 0 saturated carbocycles. The molecule has 144 valence electrons. The highest BCUT2D eigenvalue weighted by atomic mass is 32.1. The molecular formula is C20H18N2O5S. The van der Waals surface area contributed by atoms with Gasteiger partial charge in [0.1, 0.15) is 6.29 Å². The summed E-state index contributed by atoms with van der Waals surface area (Å²) in [6.45, 7) is -0.270. The van der Waals surface area contributed by atoms with Gasteiger partial charge in [-0.1, -0.05) is 30.3 Å². The summed E-state index contributed by atoms with van der Waals surface area (Å²) in [4.78, 5) is 27.7. The van der Waals surface area contributed by atoms with Gasteiger partial charge in [-0.25, -0.2) is 4.98 Å². The van der Waals surface area contributed by atoms with E-state index in [1.54, 1.807) is 0 Å². The Morgan fingerprint density at radius 2 is 1.82 bits per heavy atom. The summed E-state index contributed by atoms with van der Waals surface area (Å²) < 4.78 is 16.0. The summed E-state index contributed by atoms with van der Waals surface area (Å²) in [7, 11) is 2.88. The number of thiazole rings is 1. The molecule has 0 saturated heterocycles. The van der Waals surface area contributed by atoms with Gasteiger partial charge in [0.05, 0.1) is 19.9 Å². The van der Waals surface area contributed by atoms with Crippen LogP contribution >= 0.6 is 11.3 Å². The van der Waals surface area contributed by atoms with E-state index in [0.29, 0.717) is 28.5 Å². The molecule has 1 heterocycles. The second-order valence-electron chi connectivity index (χ2n) is 5.61. The van der Waals surface area contributed by atoms with Crippen LogP contribution in [-0.4, -0.2) is 38.0 Å². The second kappa shape index (κ2) is 9.01. The van der Waals surface area contributed by atoms with Crippen molar-refractivity contribution in [2.24, 2.45) is 0 Å². The first-order chi connectivity index (χ1) is 13.6. The SMILES string of the molecule is COc1cc(C=O)cc(OC)c1OCC(=O)Nc1nc(-c2ccccc2)cs1. The molecule has 7 nitrogen and oxygen atoms in total. The first-order valence-corrected chi connectivity index (χ1v) is 9.17. The van der Waals surface area contributed by atoms with Crippen molar-refractivity contribution in [2.75, 3.05) is 26.1 Å². The van der Waals surface area contributed by atoms with Crippen LogP contribution in [0, 0.1) is 0 Å². The number of nitrogens with one attached hydrogen (secondary N) is 1. The lowest BCUT2D eigenvalue weighted by Crippen LogP contribution is -2.20. The number of amides is 1. The lowest BCUT2D eigenvalue weighted by molar-refractivity contribution is -0.118. The molecule has 0 bridgehead atoms. The number of hydrogen-bond acceptors (Lipinski definition) is 7. The third-order valence-electron chi connectivity index (χ3n) is 3.79. The van der Waals surface area contributed by atoms with Crippen LogP contribution in [-0.2, 0) is 4.79 Å². The fraction of sp³-hybridized carbons (Fsp3) is 0.150. The van der Waals surface area contributed by atoms with E-state index in [1.807, 2.05) is 35.7 Å². The van der Waals surface area contributed by atoms with Gasteiger partial charge >= 0.3 is 0 Å². The zero-order valence-electron chi connectivity index (χ0n) is 15.3. The van der Waals surface area contributed by atoms with E-state index in [4.69, 9.17) is 14.2 Å². The van der Waals surface area contributed by atoms with Crippen molar-refractivity contribution in [3.05, 3.63) is 53.4 Å². The van der Waals surface area contributed by atoms with Gasteiger partial charge in [-0.15, -0.1) is 11.3 Å². The molecule has 2 aromatic carbocycles. The third kappa shape index (κ3) is 4.47. The highest BCUT2D eigenvalue weighted by Gasteiger charge is 2.16. The Kier molecular flexibility index (Phi) is 6.23. The van der Waals surface area contributed by atoms with Crippen LogP contribution in [0.25, 0.3) is 11.3 Å². The van der Waals surface area contributed by atoms with Gasteiger partial charge in [-0.3, -0.25) is 14.9 Å². The monoisotopic (exact) mass is 398 g/mol. The number of methoxy groups -OCH3 is 2. The third-order valence-corrected chi connectivity index (χ3v) is 4.54. The molecule has 28 heavy (non-hydrogen) atoms. The predicted octanol–water partition coefficient (Wildman–Crippen LogP) is 3.66. The maximum atomic E-state index is 12.2. The number of carbonyl (C=O) groups excluding carboxylic acids is 2. The Hall–Kier alpha value is -3.39. The summed E-state index contributed by atoms with van der Waals surface area (Å²) in [5.74, 6) is 0.470. The van der Waals surface area contributed by atoms with Crippen LogP contribution < -0.4 is 19.5 Å². The minimum Gasteiger partial charge on any atom is -0.493 e. The summed E-state index contributed by atoms with van der Waals surface area (Å²) in [6.07, 6.45) is 0.675. The first kappa shape index (κ1) is 19.4. The number of ether oxygens (including phenoxy) is 3. The molecule has 0 atom stereocenters. The Morgan fingerprint density at radius 1 is 1.14 bits per heavy atom. The lowest BCUT2D eigenvalue weighted by atomic mass is 10.2. The standard InChI is InChI=1S/C20H18N2O5S/c1-25-16-8-13(10-23)9-17(26-2)19(16)27-11-18(24)22-20-21-15(12-28-20)14-6-4-3-5-7-14/h3-10,12H,11H2,1-2H3,(H,21,22,24). The van der Waals surface area contributed by atoms with Crippen LogP contribution in [0.1, 0.15) is 10.4 Å². The highest BCUT2D eigenvalue weighted by molar-refractivity contribution is 7.14. The zero-order valence-corrected chi connectivity index (χ0v) is 16.1. The predicted molar refractivity (Wildman–Crippen MR) is 107 cm³/mol. The number of aldehydes is 1. The first-order valence-electron chi connectivity index (χ1n) is 8.29. The maximum absolute atomic E-state index is 12.2. The van der Waals surface area contributed by atoms with Gasteiger partial charge < -0.3 is 14.2 Å². The Morgan fingerprint density at radius 3 is 2.43 bits per heavy atom. The van der Waals surface area contributed by atoms with E-state index in [9.17, 15) is 9.59 Å². The number of rotatable bonds is 8. The fourth-order valence-electron chi connectivity index (χ4n) is 2.48. The molecule has 3 aromatic rings. The maximum Gasteiger partial charge on any atom is 0.264 e. The summed E-state index contributed by atoms with van der Waals surface area (Å²) in [5, 5.41) is 5.05. The molecule has 0 aliphatic rings. The largest absolute Gasteiger partial charge is 0.493 e. The molecule has 0 spiro atoms. The number of benzene rings is 2. The van der Waals surface area contributed by atoms with Crippen LogP contribution in [0.4, 0.5) is 5.13 Å². The topological polar surface area (TPSA) is 86.8 Å². The number of anilines is 1. The van der Waals surface area contributed by atoms with Crippen molar-refractivity contribution in [1.82, 2.24) is 4.98 Å². The van der Waals surface area contributed by atoms with Gasteiger partial charge in [-0.2, -0.15) is 0 Å². The molecule has 0 aliphatic heterocycles. The van der Waals surface area contributed by atoms with Crippen molar-refractivity contribution in [2.45, 2.75) is 0 Å². The molecule has 3 rings (SSSR count). The van der Waals surface area contributed by atoms with E-state index < -0.39 is 0 Å². The second-order valence-corrected chi connectivity index (χ2v) is 6.47. The van der Waals surface area contributed by atoms with Gasteiger partial charge in [0.25, 0.3) is 5.91 Å². The summed E-state index contributed by atoms with van der Waals surface area (Å²) >= 11 is 1.33. The van der Waals surface area contributed by atoms with E-state index >= 15 is 0 Å². The Labute approximate surface area is 165 Å². The van der Waals surface area contributed by atoms with E-state index in [0.717, 1.165) is 11.3 Å². The van der Waals surface area contributed by atoms with Crippen LogP contribution in [0.2, 0.25) is 0 Å². The summed E-state index contributed by atoms with van der Waals surface area (Å²) in [6, 6.07) is 12.7. The average molecular weight is 398 g/mol. The number of carbonyl (C=O) groups is 2. The average Bonchev–Trinajstić information content (AvgIpc) is 3.20. The molecule has 1 aromatic heterocycles. The van der Waals surface area contributed by atoms with Gasteiger partial charge in [-0.05, 0) is 12.1 Å². The van der Waals surface area contributed by atoms with Crippen molar-refractivity contribution in [3.8, 4) is 28.5 Å². The molecule has 1 amide bonds. The molecular weight excluding hydrogens is 380 g/mol. The minimum atomic E-state index is -0.377. The normalized spacial score (nSPS) is 10.2. The number of nitrogens with zero attached hydrogens (tertiary/aromatic N) is 1. The molecule has 0 aliphatic carbocycles. The van der Waals surface area contributed by atoms with Crippen LogP contribution in [0.15, 0.2) is 47.8 Å². The molecule has 1 N–H and O–H groups in total.